The van der Waals surface area contributed by atoms with E-state index in [-0.39, 0.29) is 18.6 Å². The molecule has 0 aliphatic rings. The molecule has 2 rings (SSSR count). The number of amides is 1. The molecule has 5 heteroatoms. The van der Waals surface area contributed by atoms with Gasteiger partial charge in [0.25, 0.3) is 5.91 Å². The van der Waals surface area contributed by atoms with Gasteiger partial charge in [-0.3, -0.25) is 9.78 Å². The van der Waals surface area contributed by atoms with Crippen LogP contribution in [-0.2, 0) is 6.54 Å². The molecule has 1 amide bonds. The smallest absolute Gasteiger partial charge is 0.253 e. The van der Waals surface area contributed by atoms with Crippen LogP contribution in [0.5, 0.6) is 0 Å². The average Bonchev–Trinajstić information content (AvgIpc) is 2.59. The molecule has 0 radical (unpaired) electrons. The third-order valence-electron chi connectivity index (χ3n) is 3.55. The zero-order valence-electron chi connectivity index (χ0n) is 13.3. The van der Waals surface area contributed by atoms with Crippen molar-refractivity contribution in [2.75, 3.05) is 11.9 Å². The first kappa shape index (κ1) is 17.0. The van der Waals surface area contributed by atoms with Crippen LogP contribution in [0.4, 0.5) is 5.69 Å². The number of carbonyl (C=O) groups excluding carboxylic acids is 1. The Hall–Kier alpha value is -2.40. The number of hydrogen-bond acceptors (Lipinski definition) is 4. The molecule has 3 N–H and O–H groups in total. The van der Waals surface area contributed by atoms with Crippen molar-refractivity contribution in [3.63, 3.8) is 0 Å². The van der Waals surface area contributed by atoms with E-state index in [9.17, 15) is 4.79 Å². The molecule has 122 valence electrons. The van der Waals surface area contributed by atoms with Gasteiger partial charge in [-0.05, 0) is 43.5 Å². The summed E-state index contributed by atoms with van der Waals surface area (Å²) in [6.07, 6.45) is 4.97. The number of aromatic nitrogens is 1. The lowest BCUT2D eigenvalue weighted by Crippen LogP contribution is -2.33. The van der Waals surface area contributed by atoms with Crippen molar-refractivity contribution in [2.24, 2.45) is 0 Å². The van der Waals surface area contributed by atoms with Gasteiger partial charge in [0, 0.05) is 37.3 Å². The Morgan fingerprint density at radius 3 is 2.83 bits per heavy atom. The monoisotopic (exact) mass is 313 g/mol. The SMILES string of the molecule is CC(CCCO)NC(=O)c1ccccc1NCc1cccnc1. The van der Waals surface area contributed by atoms with E-state index in [4.69, 9.17) is 5.11 Å². The van der Waals surface area contributed by atoms with Crippen LogP contribution >= 0.6 is 0 Å². The summed E-state index contributed by atoms with van der Waals surface area (Å²) >= 11 is 0. The fourth-order valence-electron chi connectivity index (χ4n) is 2.31. The van der Waals surface area contributed by atoms with Crippen LogP contribution < -0.4 is 10.6 Å². The summed E-state index contributed by atoms with van der Waals surface area (Å²) in [6, 6.07) is 11.3. The van der Waals surface area contributed by atoms with Crippen LogP contribution in [0.2, 0.25) is 0 Å². The Morgan fingerprint density at radius 2 is 2.09 bits per heavy atom. The largest absolute Gasteiger partial charge is 0.396 e. The van der Waals surface area contributed by atoms with E-state index in [0.29, 0.717) is 18.5 Å². The lowest BCUT2D eigenvalue weighted by molar-refractivity contribution is 0.0937. The van der Waals surface area contributed by atoms with Crippen molar-refractivity contribution in [1.29, 1.82) is 0 Å². The minimum Gasteiger partial charge on any atom is -0.396 e. The van der Waals surface area contributed by atoms with Gasteiger partial charge in [0.1, 0.15) is 0 Å². The summed E-state index contributed by atoms with van der Waals surface area (Å²) in [4.78, 5) is 16.5. The molecule has 0 aliphatic carbocycles. The van der Waals surface area contributed by atoms with E-state index >= 15 is 0 Å². The number of aliphatic hydroxyl groups is 1. The van der Waals surface area contributed by atoms with Gasteiger partial charge in [-0.1, -0.05) is 18.2 Å². The van der Waals surface area contributed by atoms with Gasteiger partial charge in [0.15, 0.2) is 0 Å². The normalized spacial score (nSPS) is 11.7. The molecule has 1 aromatic carbocycles. The van der Waals surface area contributed by atoms with Gasteiger partial charge in [-0.15, -0.1) is 0 Å². The van der Waals surface area contributed by atoms with Crippen LogP contribution in [-0.4, -0.2) is 28.6 Å². The fourth-order valence-corrected chi connectivity index (χ4v) is 2.31. The number of hydrogen-bond donors (Lipinski definition) is 3. The van der Waals surface area contributed by atoms with Gasteiger partial charge in [0.2, 0.25) is 0 Å². The number of pyridine rings is 1. The fraction of sp³-hybridized carbons (Fsp3) is 0.333. The number of rotatable bonds is 8. The lowest BCUT2D eigenvalue weighted by atomic mass is 10.1. The molecule has 0 bridgehead atoms. The van der Waals surface area contributed by atoms with Crippen molar-refractivity contribution in [3.05, 3.63) is 59.9 Å². The number of benzene rings is 1. The minimum atomic E-state index is -0.107. The summed E-state index contributed by atoms with van der Waals surface area (Å²) in [6.45, 7) is 2.70. The summed E-state index contributed by atoms with van der Waals surface area (Å²) < 4.78 is 0. The summed E-state index contributed by atoms with van der Waals surface area (Å²) in [7, 11) is 0. The molecule has 0 saturated carbocycles. The maximum Gasteiger partial charge on any atom is 0.253 e. The molecule has 1 aromatic heterocycles. The molecule has 2 aromatic rings. The van der Waals surface area contributed by atoms with Gasteiger partial charge in [0.05, 0.1) is 5.56 Å². The maximum atomic E-state index is 12.4. The Bertz CT molecular complexity index is 617. The molecule has 0 aliphatic heterocycles. The lowest BCUT2D eigenvalue weighted by Gasteiger charge is -2.16. The second-order valence-corrected chi connectivity index (χ2v) is 5.50. The van der Waals surface area contributed by atoms with Crippen LogP contribution in [0.15, 0.2) is 48.8 Å². The zero-order chi connectivity index (χ0) is 16.5. The van der Waals surface area contributed by atoms with Crippen molar-refractivity contribution < 1.29 is 9.90 Å². The summed E-state index contributed by atoms with van der Waals surface area (Å²) in [5.41, 5.74) is 2.47. The van der Waals surface area contributed by atoms with Crippen LogP contribution in [0.25, 0.3) is 0 Å². The second kappa shape index (κ2) is 8.90. The third kappa shape index (κ3) is 5.38. The Kier molecular flexibility index (Phi) is 6.56. The van der Waals surface area contributed by atoms with E-state index in [1.165, 1.54) is 0 Å². The maximum absolute atomic E-state index is 12.4. The number of aliphatic hydroxyl groups excluding tert-OH is 1. The highest BCUT2D eigenvalue weighted by molar-refractivity contribution is 5.99. The van der Waals surface area contributed by atoms with Crippen molar-refractivity contribution in [2.45, 2.75) is 32.4 Å². The quantitative estimate of drug-likeness (QED) is 0.700. The number of nitrogens with one attached hydrogen (secondary N) is 2. The third-order valence-corrected chi connectivity index (χ3v) is 3.55. The first-order valence-corrected chi connectivity index (χ1v) is 7.84. The average molecular weight is 313 g/mol. The molecule has 0 fully saturated rings. The molecule has 1 unspecified atom stereocenters. The minimum absolute atomic E-state index is 0.0287. The first-order chi connectivity index (χ1) is 11.2. The Morgan fingerprint density at radius 1 is 1.26 bits per heavy atom. The molecule has 23 heavy (non-hydrogen) atoms. The highest BCUT2D eigenvalue weighted by Gasteiger charge is 2.13. The van der Waals surface area contributed by atoms with Gasteiger partial charge >= 0.3 is 0 Å². The molecule has 1 atom stereocenters. The topological polar surface area (TPSA) is 74.2 Å². The van der Waals surface area contributed by atoms with Crippen molar-refractivity contribution >= 4 is 11.6 Å². The van der Waals surface area contributed by atoms with E-state index in [2.05, 4.69) is 15.6 Å². The highest BCUT2D eigenvalue weighted by atomic mass is 16.3. The predicted molar refractivity (Wildman–Crippen MR) is 91.3 cm³/mol. The predicted octanol–water partition coefficient (Wildman–Crippen LogP) is 2.58. The Balaban J connectivity index is 2.00. The standard InChI is InChI=1S/C18H23N3O2/c1-14(6-5-11-22)21-18(23)16-8-2-3-9-17(16)20-13-15-7-4-10-19-12-15/h2-4,7-10,12,14,20,22H,5-6,11,13H2,1H3,(H,21,23). The van der Waals surface area contributed by atoms with E-state index in [1.54, 1.807) is 18.5 Å². The molecular formula is C18H23N3O2. The van der Waals surface area contributed by atoms with Crippen LogP contribution in [0.3, 0.4) is 0 Å². The highest BCUT2D eigenvalue weighted by Crippen LogP contribution is 2.16. The van der Waals surface area contributed by atoms with Gasteiger partial charge in [-0.25, -0.2) is 0 Å². The summed E-state index contributed by atoms with van der Waals surface area (Å²) in [5.74, 6) is -0.107. The summed E-state index contributed by atoms with van der Waals surface area (Å²) in [5, 5.41) is 15.1. The molecule has 0 saturated heterocycles. The Labute approximate surface area is 136 Å². The molecule has 5 nitrogen and oxygen atoms in total. The van der Waals surface area contributed by atoms with E-state index < -0.39 is 0 Å². The number of para-hydroxylation sites is 1. The molecule has 1 heterocycles. The number of carbonyl (C=O) groups is 1. The second-order valence-electron chi connectivity index (χ2n) is 5.50. The number of anilines is 1. The van der Waals surface area contributed by atoms with Gasteiger partial charge in [-0.2, -0.15) is 0 Å². The van der Waals surface area contributed by atoms with Crippen LogP contribution in [0.1, 0.15) is 35.7 Å². The van der Waals surface area contributed by atoms with Crippen molar-refractivity contribution in [3.8, 4) is 0 Å². The van der Waals surface area contributed by atoms with Gasteiger partial charge < -0.3 is 15.7 Å². The first-order valence-electron chi connectivity index (χ1n) is 7.84. The van der Waals surface area contributed by atoms with E-state index in [0.717, 1.165) is 17.7 Å². The van der Waals surface area contributed by atoms with Crippen LogP contribution in [0, 0.1) is 0 Å². The van der Waals surface area contributed by atoms with Crippen molar-refractivity contribution in [1.82, 2.24) is 10.3 Å². The van der Waals surface area contributed by atoms with E-state index in [1.807, 2.05) is 37.3 Å². The zero-order valence-corrected chi connectivity index (χ0v) is 13.3. The number of nitrogens with zero attached hydrogens (tertiary/aromatic N) is 1. The molecular weight excluding hydrogens is 290 g/mol. The molecule has 0 spiro atoms.